The molecule has 0 amide bonds. The van der Waals surface area contributed by atoms with E-state index in [1.54, 1.807) is 0 Å². The van der Waals surface area contributed by atoms with E-state index in [0.717, 1.165) is 18.7 Å². The molecule has 7 rings (SSSR count). The number of hydrogen-bond acceptors (Lipinski definition) is 0. The fraction of sp³-hybridized carbons (Fsp3) is 0.0952. The molecule has 0 spiro atoms. The molecule has 6 aromatic rings. The summed E-state index contributed by atoms with van der Waals surface area (Å²) in [7, 11) is 11.3. The van der Waals surface area contributed by atoms with Gasteiger partial charge in [-0.05, 0) is 54.0 Å². The van der Waals surface area contributed by atoms with E-state index >= 15 is 0 Å². The predicted octanol–water partition coefficient (Wildman–Crippen LogP) is 9.47. The maximum atomic E-state index is 5.67. The number of nitrogens with zero attached hydrogens (tertiary/aromatic N) is 2. The van der Waals surface area contributed by atoms with Crippen molar-refractivity contribution in [3.63, 3.8) is 0 Å². The Morgan fingerprint density at radius 2 is 0.812 bits per heavy atom. The number of hydrogen-bond donors (Lipinski definition) is 0. The summed E-state index contributed by atoms with van der Waals surface area (Å²) >= 11 is -1.61. The van der Waals surface area contributed by atoms with Crippen molar-refractivity contribution < 1.29 is 13.5 Å². The summed E-state index contributed by atoms with van der Waals surface area (Å²) in [6.45, 7) is 3.88. The van der Waals surface area contributed by atoms with Crippen LogP contribution in [0.2, 0.25) is 0 Å². The second kappa shape index (κ2) is 16.1. The third kappa shape index (κ3) is 7.62. The van der Waals surface area contributed by atoms with E-state index in [2.05, 4.69) is 163 Å². The van der Waals surface area contributed by atoms with Crippen LogP contribution in [0, 0.1) is 13.8 Å². The summed E-state index contributed by atoms with van der Waals surface area (Å²) in [6, 6.07) is 61.5. The Labute approximate surface area is 298 Å². The molecule has 0 unspecified atom stereocenters. The molecule has 6 heteroatoms. The Bertz CT molecular complexity index is 1840. The minimum atomic E-state index is -2.30. The molecule has 0 radical (unpaired) electrons. The van der Waals surface area contributed by atoms with Crippen molar-refractivity contribution in [2.75, 3.05) is 22.9 Å². The van der Waals surface area contributed by atoms with Gasteiger partial charge in [0, 0.05) is 31.4 Å². The van der Waals surface area contributed by atoms with Crippen LogP contribution in [-0.2, 0) is 13.5 Å². The summed E-state index contributed by atoms with van der Waals surface area (Å²) in [5, 5.41) is 4.09. The first-order valence-corrected chi connectivity index (χ1v) is 23.2. The Morgan fingerprint density at radius 3 is 1.15 bits per heavy atom. The molecule has 1 fully saturated rings. The van der Waals surface area contributed by atoms with E-state index in [1.165, 1.54) is 44.0 Å². The average molecular weight is 775 g/mol. The van der Waals surface area contributed by atoms with Crippen molar-refractivity contribution in [2.45, 2.75) is 13.8 Å². The van der Waals surface area contributed by atoms with Gasteiger partial charge >= 0.3 is 73.4 Å². The van der Waals surface area contributed by atoms with Gasteiger partial charge in [0.05, 0.1) is 0 Å². The van der Waals surface area contributed by atoms with Crippen LogP contribution in [0.25, 0.3) is 0 Å². The zero-order chi connectivity index (χ0) is 33.3. The van der Waals surface area contributed by atoms with Gasteiger partial charge in [-0.1, -0.05) is 126 Å². The van der Waals surface area contributed by atoms with Gasteiger partial charge in [0.25, 0.3) is 0 Å². The van der Waals surface area contributed by atoms with Gasteiger partial charge in [0.1, 0.15) is 5.54 Å². The van der Waals surface area contributed by atoms with Crippen LogP contribution in [0.1, 0.15) is 16.7 Å². The Kier molecular flexibility index (Phi) is 11.5. The van der Waals surface area contributed by atoms with Gasteiger partial charge in [-0.3, -0.25) is 0 Å². The molecule has 0 aromatic heterocycles. The third-order valence-electron chi connectivity index (χ3n) is 8.45. The first-order chi connectivity index (χ1) is 23.5. The molecule has 1 aliphatic heterocycles. The van der Waals surface area contributed by atoms with Gasteiger partial charge in [0.15, 0.2) is 0 Å². The number of anilines is 2. The van der Waals surface area contributed by atoms with Crippen molar-refractivity contribution in [2.24, 2.45) is 0 Å². The molecule has 0 aliphatic carbocycles. The molecule has 0 saturated carbocycles. The standard InChI is InChI=1S/C35H33N2P.C7H6.2ClH.Ru/c1-28-18-22-30(23-19-28)36-26-27-37(31-24-20-29(2)21-25-31)35(36)38(32-12-6-3-7-13-32,33-14-8-4-9-15-33)34-16-10-5-11-17-34;1-7-5-3-2-4-6-7;;;/h3-25H,26-27H2,1-2H3;1-6H;2*1H;/q;;;;+2/p-2. The van der Waals surface area contributed by atoms with Gasteiger partial charge in [-0.2, -0.15) is 0 Å². The SMILES string of the molecule is Cc1ccc(N2CCN(c3ccc(C)cc3)C2=P(c2ccccc2)(c2ccccc2)c2ccccc2)cc1.[Cl][Ru]([Cl])=[CH]c1ccccc1. The molecule has 1 aliphatic rings. The molecule has 6 aromatic carbocycles. The van der Waals surface area contributed by atoms with Gasteiger partial charge in [-0.25, -0.2) is 0 Å². The zero-order valence-electron chi connectivity index (χ0n) is 27.1. The van der Waals surface area contributed by atoms with E-state index in [4.69, 9.17) is 19.4 Å². The van der Waals surface area contributed by atoms with Crippen molar-refractivity contribution in [3.05, 3.63) is 187 Å². The molecular formula is C42H39Cl2N2PRu. The minimum absolute atomic E-state index is 0.931. The predicted molar refractivity (Wildman–Crippen MR) is 211 cm³/mol. The quantitative estimate of drug-likeness (QED) is 0.123. The molecule has 0 N–H and O–H groups in total. The normalized spacial score (nSPS) is 13.1. The Morgan fingerprint density at radius 1 is 0.479 bits per heavy atom. The van der Waals surface area contributed by atoms with Crippen LogP contribution in [0.4, 0.5) is 11.4 Å². The molecule has 48 heavy (non-hydrogen) atoms. The van der Waals surface area contributed by atoms with Crippen LogP contribution >= 0.6 is 26.3 Å². The average Bonchev–Trinajstić information content (AvgIpc) is 3.56. The molecule has 2 nitrogen and oxygen atoms in total. The van der Waals surface area contributed by atoms with Gasteiger partial charge < -0.3 is 9.80 Å². The van der Waals surface area contributed by atoms with Gasteiger partial charge in [0.2, 0.25) is 0 Å². The number of halogens is 2. The van der Waals surface area contributed by atoms with E-state index in [9.17, 15) is 0 Å². The van der Waals surface area contributed by atoms with Crippen LogP contribution in [-0.4, -0.2) is 23.2 Å². The maximum absolute atomic E-state index is 5.67. The topological polar surface area (TPSA) is 6.48 Å². The van der Waals surface area contributed by atoms with Crippen LogP contribution in [0.3, 0.4) is 0 Å². The third-order valence-corrected chi connectivity index (χ3v) is 14.6. The molecule has 1 heterocycles. The van der Waals surface area contributed by atoms with E-state index in [1.807, 2.05) is 34.9 Å². The molecule has 0 atom stereocenters. The Balaban J connectivity index is 0.000000345. The number of rotatable bonds is 6. The second-order valence-electron chi connectivity index (χ2n) is 11.7. The van der Waals surface area contributed by atoms with E-state index < -0.39 is 20.4 Å². The summed E-state index contributed by atoms with van der Waals surface area (Å²) < 4.78 is 1.92. The first kappa shape index (κ1) is 34.2. The summed E-state index contributed by atoms with van der Waals surface area (Å²) in [4.78, 5) is 5.17. The van der Waals surface area contributed by atoms with E-state index in [-0.39, 0.29) is 0 Å². The van der Waals surface area contributed by atoms with E-state index in [0.29, 0.717) is 0 Å². The first-order valence-electron chi connectivity index (χ1n) is 16.0. The number of benzene rings is 6. The Hall–Kier alpha value is -3.71. The summed E-state index contributed by atoms with van der Waals surface area (Å²) in [6.07, 6.45) is 0. The van der Waals surface area contributed by atoms with Gasteiger partial charge in [-0.15, -0.1) is 0 Å². The second-order valence-corrected chi connectivity index (χ2v) is 20.7. The van der Waals surface area contributed by atoms with Crippen molar-refractivity contribution >= 4 is 63.7 Å². The molecular weight excluding hydrogens is 735 g/mol. The fourth-order valence-electron chi connectivity index (χ4n) is 6.20. The van der Waals surface area contributed by atoms with Crippen LogP contribution < -0.4 is 25.7 Å². The van der Waals surface area contributed by atoms with Crippen LogP contribution in [0.15, 0.2) is 170 Å². The summed E-state index contributed by atoms with van der Waals surface area (Å²) in [5.41, 5.74) is 7.53. The van der Waals surface area contributed by atoms with Crippen molar-refractivity contribution in [3.8, 4) is 0 Å². The fourth-order valence-corrected chi connectivity index (χ4v) is 12.6. The molecule has 0 bridgehead atoms. The zero-order valence-corrected chi connectivity index (χ0v) is 31.3. The number of aryl methyl sites for hydroxylation is 2. The molecule has 1 saturated heterocycles. The van der Waals surface area contributed by atoms with Crippen molar-refractivity contribution in [1.82, 2.24) is 0 Å². The van der Waals surface area contributed by atoms with Crippen LogP contribution in [0.5, 0.6) is 0 Å². The molecule has 244 valence electrons. The summed E-state index contributed by atoms with van der Waals surface area (Å²) in [5.74, 6) is 0. The monoisotopic (exact) mass is 774 g/mol. The van der Waals surface area contributed by atoms with Crippen molar-refractivity contribution in [1.29, 1.82) is 0 Å².